The number of nitrogens with one attached hydrogen (secondary N) is 4. The van der Waals surface area contributed by atoms with E-state index in [1.54, 1.807) is 50.9 Å². The summed E-state index contributed by atoms with van der Waals surface area (Å²) < 4.78 is 86.4. The van der Waals surface area contributed by atoms with Gasteiger partial charge in [-0.25, -0.2) is 60.4 Å². The molecule has 472 valence electrons. The van der Waals surface area contributed by atoms with Crippen molar-refractivity contribution in [3.8, 4) is 22.8 Å². The van der Waals surface area contributed by atoms with Crippen molar-refractivity contribution >= 4 is 84.3 Å². The molecule has 0 aliphatic heterocycles. The molecule has 7 N–H and O–H groups in total. The Bertz CT molecular complexity index is 3650. The minimum absolute atomic E-state index is 0. The van der Waals surface area contributed by atoms with E-state index >= 15 is 0 Å². The molecule has 21 nitrogen and oxygen atoms in total. The number of hydrogen-bond donors (Lipinski definition) is 7. The van der Waals surface area contributed by atoms with Gasteiger partial charge in [0.1, 0.15) is 24.0 Å². The number of aromatic nitrogens is 10. The summed E-state index contributed by atoms with van der Waals surface area (Å²) in [6.45, 7) is 1.86. The van der Waals surface area contributed by atoms with Crippen LogP contribution in [0.2, 0.25) is 15.3 Å². The van der Waals surface area contributed by atoms with Gasteiger partial charge in [0.25, 0.3) is 10.0 Å². The van der Waals surface area contributed by atoms with Crippen LogP contribution in [0.1, 0.15) is 63.4 Å². The smallest absolute Gasteiger partial charge is 0.269 e. The van der Waals surface area contributed by atoms with Gasteiger partial charge in [0, 0.05) is 109 Å². The summed E-state index contributed by atoms with van der Waals surface area (Å²) in [6.07, 6.45) is 12.8. The average molecular weight is 1460 g/mol. The molecule has 0 saturated heterocycles. The number of halogens is 6. The molecule has 30 heteroatoms. The minimum Gasteiger partial charge on any atom is -0.388 e. The molecule has 11 rings (SSSR count). The van der Waals surface area contributed by atoms with Crippen LogP contribution in [0.4, 0.5) is 30.6 Å². The summed E-state index contributed by atoms with van der Waals surface area (Å²) in [5.41, 5.74) is 2.67. The number of fused-ring (bicyclic) bond motifs is 2. The molecule has 8 aromatic rings. The SMILES string of the molecule is CO[C@@H]1CCCC(Nc2nc(-c3c[nH]c4ncc(Cl)cc34)ncc2F)[C@H]1O.CO[C@@H]1CCCC(Nc2nc(-c3cn(S(=O)(=O)c4ccc(C)cc4)c4ncc(Cl)cc34)ncc2F)[C@H]1O.CO[C@@H]1CCC[C@H](Nc2nc(Cl)ncc2F)C1O.[CH3-].[CH3-].[Pd].[Pd]. The second kappa shape index (κ2) is 31.9. The third-order valence-electron chi connectivity index (χ3n) is 14.6. The molecule has 7 heterocycles. The molecule has 0 bridgehead atoms. The normalized spacial score (nSPS) is 21.8. The fraction of sp³-hybridized carbons (Fsp3) is 0.393. The van der Waals surface area contributed by atoms with Crippen LogP contribution in [0.15, 0.2) is 84.7 Å². The summed E-state index contributed by atoms with van der Waals surface area (Å²) in [5, 5.41) is 41.8. The van der Waals surface area contributed by atoms with Gasteiger partial charge in [-0.3, -0.25) is 0 Å². The van der Waals surface area contributed by atoms with Crippen molar-refractivity contribution in [2.45, 2.75) is 124 Å². The standard InChI is InChI=1S/C25H25ClFN5O4S.C18H19ClFN5O2.C11H15ClFN3O2.2CH3.2Pd/c1-14-6-8-16(9-7-14)37(34,35)32-13-18(17-10-15(26)11-29-25(17)32)23-28-12-19(27)24(31-23)30-20-4-3-5-21(36-2)22(20)33;1-27-14-4-2-3-13(15(14)26)24-18-12(20)8-23-17(25-18)11-7-22-16-10(11)5-9(19)6-21-16;1-18-8-4-2-3-7(9(8)17)15-10-6(13)5-14-11(12)16-10;;;;/h6-13,20-22,33H,3-5H2,1-2H3,(H,28,30,31);5-8,13-15,26H,2-4H2,1H3,(H,21,22)(H,23,24,25);5,7-9,17H,2-4H2,1H3,(H,14,15,16);2*1H3;;/q;;;2*-1;;/t20?,21-,22-;13?,14-,15-;7-,8+,9?;;;;/m110..../s1. The van der Waals surface area contributed by atoms with Gasteiger partial charge in [0.15, 0.2) is 52.2 Å². The first-order chi connectivity index (χ1) is 39.4. The number of methoxy groups -OCH3 is 3. The van der Waals surface area contributed by atoms with Crippen LogP contribution in [-0.4, -0.2) is 149 Å². The monoisotopic (exact) mass is 1450 g/mol. The van der Waals surface area contributed by atoms with Crippen LogP contribution in [-0.2, 0) is 65.1 Å². The average Bonchev–Trinajstić information content (AvgIpc) is 1.73. The number of H-pyrrole nitrogens is 1. The molecular formula is C56H65Cl3F3N13O8Pd2S-2. The molecule has 3 unspecified atom stereocenters. The molecule has 0 spiro atoms. The predicted molar refractivity (Wildman–Crippen MR) is 316 cm³/mol. The van der Waals surface area contributed by atoms with E-state index in [1.165, 1.54) is 31.6 Å². The number of pyridine rings is 2. The Morgan fingerprint density at radius 2 is 1.02 bits per heavy atom. The zero-order valence-corrected chi connectivity index (χ0v) is 53.5. The molecule has 9 atom stereocenters. The maximum absolute atomic E-state index is 14.7. The Morgan fingerprint density at radius 3 is 1.50 bits per heavy atom. The van der Waals surface area contributed by atoms with Gasteiger partial charge in [-0.2, -0.15) is 4.98 Å². The first-order valence-electron chi connectivity index (χ1n) is 26.1. The maximum atomic E-state index is 14.7. The van der Waals surface area contributed by atoms with E-state index in [0.717, 1.165) is 72.0 Å². The molecule has 1 aromatic carbocycles. The summed E-state index contributed by atoms with van der Waals surface area (Å²) in [6, 6.07) is 8.64. The van der Waals surface area contributed by atoms with Gasteiger partial charge in [-0.05, 0) is 101 Å². The largest absolute Gasteiger partial charge is 0.388 e. The molecule has 0 amide bonds. The van der Waals surface area contributed by atoms with Gasteiger partial charge >= 0.3 is 0 Å². The van der Waals surface area contributed by atoms with Crippen molar-refractivity contribution in [2.24, 2.45) is 0 Å². The Kier molecular flexibility index (Phi) is 26.6. The number of aromatic amines is 1. The third-order valence-corrected chi connectivity index (χ3v) is 16.9. The van der Waals surface area contributed by atoms with Crippen molar-refractivity contribution < 1.29 is 92.0 Å². The van der Waals surface area contributed by atoms with Gasteiger partial charge in [0.2, 0.25) is 5.28 Å². The topological polar surface area (TPSA) is 282 Å². The molecular weight excluding hydrogens is 1390 g/mol. The van der Waals surface area contributed by atoms with Crippen LogP contribution < -0.4 is 16.0 Å². The number of anilines is 3. The predicted octanol–water partition coefficient (Wildman–Crippen LogP) is 9.83. The number of aliphatic hydroxyl groups excluding tert-OH is 3. The number of nitrogens with zero attached hydrogens (tertiary/aromatic N) is 9. The summed E-state index contributed by atoms with van der Waals surface area (Å²) in [7, 11) is 0.625. The van der Waals surface area contributed by atoms with E-state index < -0.39 is 51.8 Å². The summed E-state index contributed by atoms with van der Waals surface area (Å²) >= 11 is 17.8. The van der Waals surface area contributed by atoms with E-state index in [4.69, 9.17) is 49.0 Å². The van der Waals surface area contributed by atoms with Crippen molar-refractivity contribution in [3.05, 3.63) is 133 Å². The van der Waals surface area contributed by atoms with Crippen LogP contribution in [0.5, 0.6) is 0 Å². The second-order valence-electron chi connectivity index (χ2n) is 19.9. The number of ether oxygens (including phenoxy) is 3. The summed E-state index contributed by atoms with van der Waals surface area (Å²) in [5.74, 6) is -1.52. The Balaban J connectivity index is 0.000000244. The van der Waals surface area contributed by atoms with Gasteiger partial charge in [-0.15, -0.1) is 0 Å². The van der Waals surface area contributed by atoms with Crippen LogP contribution in [0.3, 0.4) is 0 Å². The Morgan fingerprint density at radius 1 is 0.593 bits per heavy atom. The maximum Gasteiger partial charge on any atom is 0.269 e. The number of aliphatic hydroxyl groups is 3. The van der Waals surface area contributed by atoms with Gasteiger partial charge < -0.3 is 65.3 Å². The zero-order chi connectivity index (χ0) is 58.4. The molecule has 3 fully saturated rings. The van der Waals surface area contributed by atoms with Crippen molar-refractivity contribution in [2.75, 3.05) is 37.3 Å². The molecule has 3 aliphatic carbocycles. The quantitative estimate of drug-likeness (QED) is 0.0321. The third kappa shape index (κ3) is 16.4. The van der Waals surface area contributed by atoms with E-state index in [2.05, 4.69) is 60.8 Å². The first-order valence-corrected chi connectivity index (χ1v) is 28.7. The Hall–Kier alpha value is -5.07. The van der Waals surface area contributed by atoms with Crippen LogP contribution in [0, 0.1) is 39.2 Å². The fourth-order valence-corrected chi connectivity index (χ4v) is 12.0. The van der Waals surface area contributed by atoms with Crippen molar-refractivity contribution in [3.63, 3.8) is 0 Å². The van der Waals surface area contributed by atoms with Gasteiger partial charge in [0.05, 0.1) is 70.0 Å². The number of aryl methyl sites for hydroxylation is 1. The van der Waals surface area contributed by atoms with E-state index in [1.807, 2.05) is 6.92 Å². The van der Waals surface area contributed by atoms with Crippen LogP contribution in [0.25, 0.3) is 44.8 Å². The fourth-order valence-electron chi connectivity index (χ4n) is 10.2. The summed E-state index contributed by atoms with van der Waals surface area (Å²) in [4.78, 5) is 35.8. The van der Waals surface area contributed by atoms with E-state index in [9.17, 15) is 36.9 Å². The minimum atomic E-state index is -4.02. The number of benzene rings is 1. The molecule has 86 heavy (non-hydrogen) atoms. The van der Waals surface area contributed by atoms with Gasteiger partial charge in [-0.1, -0.05) is 40.9 Å². The molecule has 3 aliphatic rings. The van der Waals surface area contributed by atoms with E-state index in [-0.39, 0.29) is 130 Å². The molecule has 3 saturated carbocycles. The van der Waals surface area contributed by atoms with Crippen molar-refractivity contribution in [1.82, 2.24) is 48.8 Å². The molecule has 7 aromatic heterocycles. The zero-order valence-electron chi connectivity index (χ0n) is 47.3. The first kappa shape index (κ1) is 71.7. The van der Waals surface area contributed by atoms with Crippen molar-refractivity contribution in [1.29, 1.82) is 0 Å². The van der Waals surface area contributed by atoms with E-state index in [0.29, 0.717) is 52.3 Å². The number of rotatable bonds is 13. The molecule has 0 radical (unpaired) electrons. The van der Waals surface area contributed by atoms with Crippen LogP contribution >= 0.6 is 34.8 Å². The second-order valence-corrected chi connectivity index (χ2v) is 22.9. The Labute approximate surface area is 538 Å². The number of hydrogen-bond acceptors (Lipinski definition) is 19.